The number of halogens is 4. The Balaban J connectivity index is 1.93. The van der Waals surface area contributed by atoms with Gasteiger partial charge in [0.25, 0.3) is 0 Å². The molecule has 5 nitrogen and oxygen atoms in total. The second-order valence-corrected chi connectivity index (χ2v) is 10.7. The molecule has 0 bridgehead atoms. The predicted molar refractivity (Wildman–Crippen MR) is 124 cm³/mol. The van der Waals surface area contributed by atoms with Crippen molar-refractivity contribution in [2.24, 2.45) is 0 Å². The van der Waals surface area contributed by atoms with Gasteiger partial charge in [0.15, 0.2) is 9.84 Å². The van der Waals surface area contributed by atoms with Crippen LogP contribution < -0.4 is 4.90 Å². The number of aliphatic hydroxyl groups is 1. The summed E-state index contributed by atoms with van der Waals surface area (Å²) in [4.78, 5) is 6.04. The third-order valence-electron chi connectivity index (χ3n) is 5.73. The standard InChI is InChI=1S/C23H20Cl2F2N2O3S/c24-14-3-6-17(7-4-14)33(31,32)23(19-10-15(26)5-8-21(19)27)18-11-22(28-12-20(18)25)29-9-1-2-16(29)13-30/h3-8,10-12,16,23,30H,1-2,9,13H2/t16-,23?/m0/s1. The maximum absolute atomic E-state index is 14.9. The highest BCUT2D eigenvalue weighted by Gasteiger charge is 2.36. The zero-order chi connectivity index (χ0) is 23.8. The van der Waals surface area contributed by atoms with Gasteiger partial charge in [-0.15, -0.1) is 0 Å². The number of pyridine rings is 1. The largest absolute Gasteiger partial charge is 0.394 e. The zero-order valence-corrected chi connectivity index (χ0v) is 19.6. The van der Waals surface area contributed by atoms with E-state index < -0.39 is 26.7 Å². The molecule has 10 heteroatoms. The summed E-state index contributed by atoms with van der Waals surface area (Å²) in [6.45, 7) is 0.521. The summed E-state index contributed by atoms with van der Waals surface area (Å²) < 4.78 is 56.5. The Hall–Kier alpha value is -2.26. The first kappa shape index (κ1) is 23.9. The van der Waals surface area contributed by atoms with Crippen molar-refractivity contribution in [2.45, 2.75) is 29.0 Å². The third-order valence-corrected chi connectivity index (χ3v) is 8.35. The fourth-order valence-electron chi connectivity index (χ4n) is 4.11. The van der Waals surface area contributed by atoms with E-state index in [0.717, 1.165) is 31.0 Å². The summed E-state index contributed by atoms with van der Waals surface area (Å²) >= 11 is 12.3. The van der Waals surface area contributed by atoms with Crippen molar-refractivity contribution in [3.63, 3.8) is 0 Å². The van der Waals surface area contributed by atoms with Crippen LogP contribution in [0.15, 0.2) is 59.6 Å². The van der Waals surface area contributed by atoms with Crippen molar-refractivity contribution in [1.82, 2.24) is 4.98 Å². The minimum Gasteiger partial charge on any atom is -0.394 e. The van der Waals surface area contributed by atoms with E-state index in [1.165, 1.54) is 36.5 Å². The molecule has 0 aliphatic carbocycles. The molecular weight excluding hydrogens is 493 g/mol. The smallest absolute Gasteiger partial charge is 0.189 e. The fourth-order valence-corrected chi connectivity index (χ4v) is 6.34. The van der Waals surface area contributed by atoms with Crippen LogP contribution in [-0.4, -0.2) is 37.7 Å². The first-order chi connectivity index (χ1) is 15.7. The van der Waals surface area contributed by atoms with Gasteiger partial charge in [-0.2, -0.15) is 0 Å². The summed E-state index contributed by atoms with van der Waals surface area (Å²) in [5.41, 5.74) is -0.311. The van der Waals surface area contributed by atoms with Crippen molar-refractivity contribution in [2.75, 3.05) is 18.1 Å². The van der Waals surface area contributed by atoms with Crippen LogP contribution in [0.3, 0.4) is 0 Å². The second-order valence-electron chi connectivity index (χ2n) is 7.78. The highest BCUT2D eigenvalue weighted by molar-refractivity contribution is 7.92. The number of sulfone groups is 1. The van der Waals surface area contributed by atoms with E-state index in [4.69, 9.17) is 23.2 Å². The Labute approximate surface area is 200 Å². The molecule has 3 aromatic rings. The lowest BCUT2D eigenvalue weighted by molar-refractivity contribution is 0.266. The summed E-state index contributed by atoms with van der Waals surface area (Å²) in [7, 11) is -4.29. The highest BCUT2D eigenvalue weighted by Crippen LogP contribution is 2.41. The monoisotopic (exact) mass is 512 g/mol. The van der Waals surface area contributed by atoms with E-state index >= 15 is 0 Å². The van der Waals surface area contributed by atoms with E-state index in [-0.39, 0.29) is 33.7 Å². The summed E-state index contributed by atoms with van der Waals surface area (Å²) in [5.74, 6) is -1.27. The van der Waals surface area contributed by atoms with Gasteiger partial charge in [-0.05, 0) is 66.9 Å². The van der Waals surface area contributed by atoms with E-state index in [1.54, 1.807) is 0 Å². The molecule has 0 saturated carbocycles. The van der Waals surface area contributed by atoms with Crippen LogP contribution in [0.25, 0.3) is 0 Å². The summed E-state index contributed by atoms with van der Waals surface area (Å²) in [6, 6.07) is 9.37. The van der Waals surface area contributed by atoms with E-state index in [2.05, 4.69) is 4.98 Å². The molecule has 4 rings (SSSR count). The molecule has 0 amide bonds. The zero-order valence-electron chi connectivity index (χ0n) is 17.3. The van der Waals surface area contributed by atoms with Gasteiger partial charge in [0.05, 0.1) is 22.6 Å². The van der Waals surface area contributed by atoms with Gasteiger partial charge in [0.2, 0.25) is 0 Å². The van der Waals surface area contributed by atoms with Gasteiger partial charge < -0.3 is 10.0 Å². The van der Waals surface area contributed by atoms with Crippen LogP contribution in [0.5, 0.6) is 0 Å². The molecule has 2 heterocycles. The number of hydrogen-bond acceptors (Lipinski definition) is 5. The van der Waals surface area contributed by atoms with Crippen molar-refractivity contribution in [1.29, 1.82) is 0 Å². The molecule has 1 saturated heterocycles. The molecule has 1 unspecified atom stereocenters. The van der Waals surface area contributed by atoms with Crippen LogP contribution >= 0.6 is 23.2 Å². The normalized spacial score (nSPS) is 17.4. The minimum atomic E-state index is -4.29. The van der Waals surface area contributed by atoms with Crippen LogP contribution in [0.2, 0.25) is 10.0 Å². The van der Waals surface area contributed by atoms with Gasteiger partial charge in [-0.25, -0.2) is 22.2 Å². The lowest BCUT2D eigenvalue weighted by Gasteiger charge is -2.26. The Bertz CT molecular complexity index is 1270. The van der Waals surface area contributed by atoms with Crippen molar-refractivity contribution in [3.8, 4) is 0 Å². The Morgan fingerprint density at radius 2 is 1.82 bits per heavy atom. The van der Waals surface area contributed by atoms with Gasteiger partial charge in [-0.3, -0.25) is 0 Å². The van der Waals surface area contributed by atoms with E-state index in [9.17, 15) is 22.3 Å². The molecule has 174 valence electrons. The molecule has 1 aliphatic heterocycles. The number of nitrogens with zero attached hydrogens (tertiary/aromatic N) is 2. The summed E-state index contributed by atoms with van der Waals surface area (Å²) in [6.07, 6.45) is 2.87. The van der Waals surface area contributed by atoms with Gasteiger partial charge in [0, 0.05) is 23.3 Å². The molecule has 1 aliphatic rings. The van der Waals surface area contributed by atoms with Crippen LogP contribution in [0, 0.1) is 11.6 Å². The van der Waals surface area contributed by atoms with Gasteiger partial charge in [0.1, 0.15) is 22.7 Å². The quantitative estimate of drug-likeness (QED) is 0.492. The molecule has 1 aromatic heterocycles. The average molecular weight is 513 g/mol. The number of aromatic nitrogens is 1. The molecular formula is C23H20Cl2F2N2O3S. The lowest BCUT2D eigenvalue weighted by atomic mass is 10.0. The Morgan fingerprint density at radius 3 is 2.52 bits per heavy atom. The van der Waals surface area contributed by atoms with E-state index in [0.29, 0.717) is 17.4 Å². The first-order valence-electron chi connectivity index (χ1n) is 10.2. The van der Waals surface area contributed by atoms with Crippen LogP contribution in [0.1, 0.15) is 29.2 Å². The topological polar surface area (TPSA) is 70.5 Å². The number of anilines is 1. The Morgan fingerprint density at radius 1 is 1.09 bits per heavy atom. The van der Waals surface area contributed by atoms with Crippen LogP contribution in [-0.2, 0) is 9.84 Å². The first-order valence-corrected chi connectivity index (χ1v) is 12.5. The molecule has 2 aromatic carbocycles. The second kappa shape index (κ2) is 9.54. The SMILES string of the molecule is O=S(=O)(c1ccc(Cl)cc1)C(c1cc(F)ccc1F)c1cc(N2CCC[C@H]2CO)ncc1Cl. The number of rotatable bonds is 6. The maximum atomic E-state index is 14.9. The fraction of sp³-hybridized carbons (Fsp3) is 0.261. The number of aliphatic hydroxyl groups excluding tert-OH is 1. The molecule has 33 heavy (non-hydrogen) atoms. The lowest BCUT2D eigenvalue weighted by Crippen LogP contribution is -2.33. The average Bonchev–Trinajstić information content (AvgIpc) is 3.26. The molecule has 2 atom stereocenters. The van der Waals surface area contributed by atoms with Crippen molar-refractivity contribution < 1.29 is 22.3 Å². The molecule has 1 fully saturated rings. The van der Waals surface area contributed by atoms with Gasteiger partial charge >= 0.3 is 0 Å². The maximum Gasteiger partial charge on any atom is 0.189 e. The van der Waals surface area contributed by atoms with E-state index in [1.807, 2.05) is 4.90 Å². The highest BCUT2D eigenvalue weighted by atomic mass is 35.5. The number of benzene rings is 2. The third kappa shape index (κ3) is 4.71. The number of hydrogen-bond donors (Lipinski definition) is 1. The van der Waals surface area contributed by atoms with Crippen molar-refractivity contribution in [3.05, 3.63) is 87.5 Å². The van der Waals surface area contributed by atoms with Crippen molar-refractivity contribution >= 4 is 38.9 Å². The Kier molecular flexibility index (Phi) is 6.91. The predicted octanol–water partition coefficient (Wildman–Crippen LogP) is 5.19. The minimum absolute atomic E-state index is 0.00954. The van der Waals surface area contributed by atoms with Crippen LogP contribution in [0.4, 0.5) is 14.6 Å². The molecule has 0 spiro atoms. The van der Waals surface area contributed by atoms with Gasteiger partial charge in [-0.1, -0.05) is 23.2 Å². The molecule has 0 radical (unpaired) electrons. The molecule has 1 N–H and O–H groups in total. The summed E-state index contributed by atoms with van der Waals surface area (Å²) in [5, 5.41) is 8.36.